The normalized spacial score (nSPS) is 12.3. The zero-order chi connectivity index (χ0) is 14.1. The van der Waals surface area contributed by atoms with Crippen molar-refractivity contribution in [3.8, 4) is 0 Å². The Bertz CT molecular complexity index is 382. The molecular weight excluding hydrogens is 262 g/mol. The first kappa shape index (κ1) is 15.9. The van der Waals surface area contributed by atoms with Crippen LogP contribution in [-0.4, -0.2) is 27.0 Å². The van der Waals surface area contributed by atoms with Crippen molar-refractivity contribution in [3.05, 3.63) is 5.82 Å². The van der Waals surface area contributed by atoms with Crippen LogP contribution >= 0.6 is 11.5 Å². The van der Waals surface area contributed by atoms with Gasteiger partial charge in [0, 0.05) is 30.9 Å². The highest BCUT2D eigenvalue weighted by Crippen LogP contribution is 2.17. The molecule has 1 atom stereocenters. The molecule has 19 heavy (non-hydrogen) atoms. The molecular formula is C13H23N3O2S. The first-order valence-corrected chi connectivity index (χ1v) is 7.71. The third kappa shape index (κ3) is 6.52. The number of nitrogens with one attached hydrogen (secondary N) is 1. The van der Waals surface area contributed by atoms with E-state index in [1.807, 2.05) is 0 Å². The van der Waals surface area contributed by atoms with E-state index in [0.29, 0.717) is 5.92 Å². The van der Waals surface area contributed by atoms with Gasteiger partial charge in [-0.3, -0.25) is 4.79 Å². The van der Waals surface area contributed by atoms with Gasteiger partial charge in [0.05, 0.1) is 0 Å². The molecule has 1 unspecified atom stereocenters. The molecule has 1 aromatic rings. The molecule has 0 saturated heterocycles. The van der Waals surface area contributed by atoms with E-state index < -0.39 is 5.97 Å². The van der Waals surface area contributed by atoms with Crippen molar-refractivity contribution in [2.45, 2.75) is 52.4 Å². The summed E-state index contributed by atoms with van der Waals surface area (Å²) in [6.07, 6.45) is 5.00. The molecule has 0 amide bonds. The zero-order valence-corrected chi connectivity index (χ0v) is 12.5. The minimum absolute atomic E-state index is 0.262. The van der Waals surface area contributed by atoms with Gasteiger partial charge < -0.3 is 10.4 Å². The lowest BCUT2D eigenvalue weighted by atomic mass is 9.97. The number of aryl methyl sites for hydroxylation is 1. The maximum absolute atomic E-state index is 10.5. The molecule has 108 valence electrons. The number of hydrogen-bond acceptors (Lipinski definition) is 5. The second-order valence-corrected chi connectivity index (χ2v) is 5.44. The molecule has 0 aliphatic rings. The molecule has 0 aromatic carbocycles. The summed E-state index contributed by atoms with van der Waals surface area (Å²) in [7, 11) is 0. The first-order chi connectivity index (χ1) is 9.15. The minimum atomic E-state index is -0.709. The molecule has 1 aromatic heterocycles. The monoisotopic (exact) mass is 285 g/mol. The highest BCUT2D eigenvalue weighted by molar-refractivity contribution is 7.09. The number of anilines is 1. The van der Waals surface area contributed by atoms with Crippen LogP contribution in [0.4, 0.5) is 5.13 Å². The molecule has 6 heteroatoms. The summed E-state index contributed by atoms with van der Waals surface area (Å²) < 4.78 is 4.27. The molecule has 0 spiro atoms. The maximum Gasteiger partial charge on any atom is 0.303 e. The molecule has 2 N–H and O–H groups in total. The smallest absolute Gasteiger partial charge is 0.303 e. The number of carboxylic acids is 1. The maximum atomic E-state index is 10.5. The van der Waals surface area contributed by atoms with Crippen molar-refractivity contribution in [3.63, 3.8) is 0 Å². The van der Waals surface area contributed by atoms with Crippen LogP contribution in [0.5, 0.6) is 0 Å². The van der Waals surface area contributed by atoms with Crippen LogP contribution in [0.15, 0.2) is 0 Å². The fourth-order valence-electron chi connectivity index (χ4n) is 1.91. The van der Waals surface area contributed by atoms with E-state index in [1.165, 1.54) is 11.5 Å². The van der Waals surface area contributed by atoms with E-state index in [-0.39, 0.29) is 6.42 Å². The summed E-state index contributed by atoms with van der Waals surface area (Å²) in [5, 5.41) is 12.8. The van der Waals surface area contributed by atoms with E-state index in [1.54, 1.807) is 0 Å². The molecule has 0 bridgehead atoms. The number of carbonyl (C=O) groups is 1. The van der Waals surface area contributed by atoms with Crippen molar-refractivity contribution in [2.75, 3.05) is 11.9 Å². The SMILES string of the molecule is CCCc1nsc(NCCC(CC)CCC(=O)O)n1. The highest BCUT2D eigenvalue weighted by Gasteiger charge is 2.09. The van der Waals surface area contributed by atoms with Crippen molar-refractivity contribution in [1.82, 2.24) is 9.36 Å². The molecule has 1 heterocycles. The molecule has 0 saturated carbocycles. The van der Waals surface area contributed by atoms with Gasteiger partial charge in [0.15, 0.2) is 0 Å². The molecule has 0 radical (unpaired) electrons. The van der Waals surface area contributed by atoms with Gasteiger partial charge in [0.25, 0.3) is 0 Å². The predicted octanol–water partition coefficient (Wildman–Crippen LogP) is 3.18. The van der Waals surface area contributed by atoms with E-state index in [4.69, 9.17) is 5.11 Å². The van der Waals surface area contributed by atoms with Crippen molar-refractivity contribution in [1.29, 1.82) is 0 Å². The van der Waals surface area contributed by atoms with Gasteiger partial charge in [0.2, 0.25) is 5.13 Å². The molecule has 0 aliphatic carbocycles. The molecule has 1 rings (SSSR count). The number of nitrogens with zero attached hydrogens (tertiary/aromatic N) is 2. The number of carboxylic acid groups (broad SMARTS) is 1. The number of aromatic nitrogens is 2. The lowest BCUT2D eigenvalue weighted by Crippen LogP contribution is -2.10. The van der Waals surface area contributed by atoms with Crippen LogP contribution in [0.2, 0.25) is 0 Å². The van der Waals surface area contributed by atoms with Crippen LogP contribution in [0.1, 0.15) is 51.8 Å². The average molecular weight is 285 g/mol. The Labute approximate surface area is 118 Å². The third-order valence-electron chi connectivity index (χ3n) is 3.11. The summed E-state index contributed by atoms with van der Waals surface area (Å²) in [4.78, 5) is 14.9. The van der Waals surface area contributed by atoms with E-state index >= 15 is 0 Å². The summed E-state index contributed by atoms with van der Waals surface area (Å²) >= 11 is 1.40. The van der Waals surface area contributed by atoms with E-state index in [9.17, 15) is 4.79 Å². The van der Waals surface area contributed by atoms with Gasteiger partial charge in [0.1, 0.15) is 5.82 Å². The van der Waals surface area contributed by atoms with E-state index in [0.717, 1.165) is 49.6 Å². The predicted molar refractivity (Wildman–Crippen MR) is 77.7 cm³/mol. The Morgan fingerprint density at radius 3 is 2.84 bits per heavy atom. The minimum Gasteiger partial charge on any atom is -0.481 e. The van der Waals surface area contributed by atoms with Crippen molar-refractivity contribution in [2.24, 2.45) is 5.92 Å². The summed E-state index contributed by atoms with van der Waals surface area (Å²) in [5.74, 6) is 0.666. The highest BCUT2D eigenvalue weighted by atomic mass is 32.1. The number of hydrogen-bond donors (Lipinski definition) is 2. The fraction of sp³-hybridized carbons (Fsp3) is 0.769. The Morgan fingerprint density at radius 1 is 1.42 bits per heavy atom. The van der Waals surface area contributed by atoms with Crippen molar-refractivity contribution < 1.29 is 9.90 Å². The first-order valence-electron chi connectivity index (χ1n) is 6.93. The van der Waals surface area contributed by atoms with Gasteiger partial charge in [-0.1, -0.05) is 20.3 Å². The summed E-state index contributed by atoms with van der Waals surface area (Å²) in [6, 6.07) is 0. The van der Waals surface area contributed by atoms with Gasteiger partial charge in [-0.15, -0.1) is 0 Å². The lowest BCUT2D eigenvalue weighted by Gasteiger charge is -2.13. The Hall–Kier alpha value is -1.17. The third-order valence-corrected chi connectivity index (χ3v) is 3.82. The second-order valence-electron chi connectivity index (χ2n) is 4.69. The zero-order valence-electron chi connectivity index (χ0n) is 11.7. The summed E-state index contributed by atoms with van der Waals surface area (Å²) in [5.41, 5.74) is 0. The van der Waals surface area contributed by atoms with Gasteiger partial charge in [-0.25, -0.2) is 4.98 Å². The average Bonchev–Trinajstić information content (AvgIpc) is 2.81. The van der Waals surface area contributed by atoms with Gasteiger partial charge >= 0.3 is 5.97 Å². The van der Waals surface area contributed by atoms with Crippen LogP contribution < -0.4 is 5.32 Å². The Morgan fingerprint density at radius 2 is 2.21 bits per heavy atom. The topological polar surface area (TPSA) is 75.1 Å². The van der Waals surface area contributed by atoms with Crippen molar-refractivity contribution >= 4 is 22.6 Å². The Kier molecular flexibility index (Phi) is 7.40. The van der Waals surface area contributed by atoms with Crippen LogP contribution in [0.3, 0.4) is 0 Å². The van der Waals surface area contributed by atoms with Crippen LogP contribution in [0, 0.1) is 5.92 Å². The van der Waals surface area contributed by atoms with Gasteiger partial charge in [-0.05, 0) is 25.2 Å². The summed E-state index contributed by atoms with van der Waals surface area (Å²) in [6.45, 7) is 5.05. The van der Waals surface area contributed by atoms with Crippen LogP contribution in [0.25, 0.3) is 0 Å². The Balaban J connectivity index is 2.25. The molecule has 0 fully saturated rings. The second kappa shape index (κ2) is 8.85. The lowest BCUT2D eigenvalue weighted by molar-refractivity contribution is -0.137. The fourth-order valence-corrected chi connectivity index (χ4v) is 2.55. The number of rotatable bonds is 10. The standard InChI is InChI=1S/C13H23N3O2S/c1-3-5-11-15-13(19-16-11)14-9-8-10(4-2)6-7-12(17)18/h10H,3-9H2,1-2H3,(H,17,18)(H,14,15,16). The molecule has 5 nitrogen and oxygen atoms in total. The largest absolute Gasteiger partial charge is 0.481 e. The van der Waals surface area contributed by atoms with Crippen LogP contribution in [-0.2, 0) is 11.2 Å². The van der Waals surface area contributed by atoms with Gasteiger partial charge in [-0.2, -0.15) is 4.37 Å². The number of aliphatic carboxylic acids is 1. The van der Waals surface area contributed by atoms with E-state index in [2.05, 4.69) is 28.5 Å². The quantitative estimate of drug-likeness (QED) is 0.690. The molecule has 0 aliphatic heterocycles.